The summed E-state index contributed by atoms with van der Waals surface area (Å²) < 4.78 is 12.0. The van der Waals surface area contributed by atoms with Crippen molar-refractivity contribution in [2.24, 2.45) is 0 Å². The third-order valence-corrected chi connectivity index (χ3v) is 5.69. The predicted octanol–water partition coefficient (Wildman–Crippen LogP) is 3.76. The Bertz CT molecular complexity index is 897. The lowest BCUT2D eigenvalue weighted by atomic mass is 10.1. The molecule has 0 aliphatic heterocycles. The number of nitrogens with one attached hydrogen (secondary N) is 1. The average molecular weight is 428 g/mol. The molecule has 0 radical (unpaired) electrons. The van der Waals surface area contributed by atoms with Crippen LogP contribution in [0.2, 0.25) is 0 Å². The Morgan fingerprint density at radius 2 is 2.25 bits per heavy atom. The molecular weight excluding hydrogens is 414 g/mol. The van der Waals surface area contributed by atoms with Crippen LogP contribution in [-0.4, -0.2) is 30.5 Å². The van der Waals surface area contributed by atoms with Gasteiger partial charge in [-0.1, -0.05) is 39.0 Å². The zero-order chi connectivity index (χ0) is 16.9. The Balaban J connectivity index is 1.73. The van der Waals surface area contributed by atoms with Crippen molar-refractivity contribution in [3.8, 4) is 0 Å². The SMILES string of the molecule is COCCNc1nnc(SCc2cc(=O)oc3cc(Br)ccc23)s1. The van der Waals surface area contributed by atoms with Crippen LogP contribution >= 0.6 is 39.0 Å². The standard InChI is InChI=1S/C15H14BrN3O3S2/c1-21-5-4-17-14-18-19-15(24-14)23-8-9-6-13(20)22-12-7-10(16)2-3-11(9)12/h2-3,6-7H,4-5,8H2,1H3,(H,17,18). The minimum Gasteiger partial charge on any atom is -0.423 e. The predicted molar refractivity (Wildman–Crippen MR) is 100 cm³/mol. The number of benzene rings is 1. The van der Waals surface area contributed by atoms with Crippen molar-refractivity contribution in [2.45, 2.75) is 10.1 Å². The number of aromatic nitrogens is 2. The first-order valence-corrected chi connectivity index (χ1v) is 9.66. The van der Waals surface area contributed by atoms with Gasteiger partial charge in [0, 0.05) is 35.3 Å². The molecule has 0 spiro atoms. The molecular formula is C15H14BrN3O3S2. The van der Waals surface area contributed by atoms with E-state index in [1.54, 1.807) is 24.9 Å². The molecule has 126 valence electrons. The second-order valence-corrected chi connectivity index (χ2v) is 7.93. The van der Waals surface area contributed by atoms with Gasteiger partial charge in [-0.3, -0.25) is 0 Å². The Hall–Kier alpha value is -1.42. The lowest BCUT2D eigenvalue weighted by Crippen LogP contribution is -2.06. The van der Waals surface area contributed by atoms with E-state index in [1.165, 1.54) is 17.4 Å². The molecule has 2 aromatic heterocycles. The number of hydrogen-bond acceptors (Lipinski definition) is 8. The second kappa shape index (κ2) is 8.11. The molecule has 9 heteroatoms. The highest BCUT2D eigenvalue weighted by molar-refractivity contribution is 9.10. The minimum absolute atomic E-state index is 0.351. The van der Waals surface area contributed by atoms with Gasteiger partial charge in [0.25, 0.3) is 0 Å². The number of methoxy groups -OCH3 is 1. The van der Waals surface area contributed by atoms with Crippen LogP contribution in [0.5, 0.6) is 0 Å². The van der Waals surface area contributed by atoms with E-state index in [9.17, 15) is 4.79 Å². The fourth-order valence-electron chi connectivity index (χ4n) is 2.06. The number of thioether (sulfide) groups is 1. The maximum absolute atomic E-state index is 11.7. The molecule has 0 bridgehead atoms. The third-order valence-electron chi connectivity index (χ3n) is 3.13. The van der Waals surface area contributed by atoms with Crippen molar-refractivity contribution in [3.63, 3.8) is 0 Å². The van der Waals surface area contributed by atoms with Crippen LogP contribution in [0.3, 0.4) is 0 Å². The molecule has 0 unspecified atom stereocenters. The van der Waals surface area contributed by atoms with E-state index in [2.05, 4.69) is 31.4 Å². The third kappa shape index (κ3) is 4.35. The van der Waals surface area contributed by atoms with Crippen molar-refractivity contribution in [2.75, 3.05) is 25.6 Å². The van der Waals surface area contributed by atoms with Crippen LogP contribution in [0, 0.1) is 0 Å². The van der Waals surface area contributed by atoms with Gasteiger partial charge in [0.15, 0.2) is 4.34 Å². The number of ether oxygens (including phenoxy) is 1. The Morgan fingerprint density at radius 1 is 1.38 bits per heavy atom. The molecule has 2 heterocycles. The van der Waals surface area contributed by atoms with E-state index in [-0.39, 0.29) is 5.63 Å². The summed E-state index contributed by atoms with van der Waals surface area (Å²) in [6, 6.07) is 7.20. The van der Waals surface area contributed by atoms with E-state index in [0.717, 1.165) is 24.9 Å². The van der Waals surface area contributed by atoms with Crippen LogP contribution in [0.25, 0.3) is 11.0 Å². The van der Waals surface area contributed by atoms with Gasteiger partial charge in [0.2, 0.25) is 5.13 Å². The zero-order valence-corrected chi connectivity index (χ0v) is 16.0. The molecule has 0 fully saturated rings. The van der Waals surface area contributed by atoms with Gasteiger partial charge < -0.3 is 14.5 Å². The Morgan fingerprint density at radius 3 is 3.08 bits per heavy atom. The molecule has 3 rings (SSSR count). The largest absolute Gasteiger partial charge is 0.423 e. The van der Waals surface area contributed by atoms with Crippen molar-refractivity contribution in [1.29, 1.82) is 0 Å². The summed E-state index contributed by atoms with van der Waals surface area (Å²) in [5, 5.41) is 13.1. The first-order chi connectivity index (χ1) is 11.7. The molecule has 3 aromatic rings. The molecule has 6 nitrogen and oxygen atoms in total. The summed E-state index contributed by atoms with van der Waals surface area (Å²) in [4.78, 5) is 11.7. The van der Waals surface area contributed by atoms with E-state index >= 15 is 0 Å². The van der Waals surface area contributed by atoms with Gasteiger partial charge in [-0.25, -0.2) is 4.79 Å². The summed E-state index contributed by atoms with van der Waals surface area (Å²) in [5.74, 6) is 0.621. The fourth-order valence-corrected chi connectivity index (χ4v) is 4.17. The van der Waals surface area contributed by atoms with E-state index < -0.39 is 0 Å². The number of nitrogens with zero attached hydrogens (tertiary/aromatic N) is 2. The molecule has 1 N–H and O–H groups in total. The highest BCUT2D eigenvalue weighted by Gasteiger charge is 2.09. The monoisotopic (exact) mass is 427 g/mol. The van der Waals surface area contributed by atoms with Crippen LogP contribution in [0.4, 0.5) is 5.13 Å². The van der Waals surface area contributed by atoms with Crippen LogP contribution in [-0.2, 0) is 10.5 Å². The lowest BCUT2D eigenvalue weighted by Gasteiger charge is -2.04. The van der Waals surface area contributed by atoms with Crippen molar-refractivity contribution in [1.82, 2.24) is 10.2 Å². The summed E-state index contributed by atoms with van der Waals surface area (Å²) in [7, 11) is 1.66. The topological polar surface area (TPSA) is 77.2 Å². The van der Waals surface area contributed by atoms with Gasteiger partial charge in [-0.05, 0) is 23.8 Å². The van der Waals surface area contributed by atoms with Crippen LogP contribution in [0.15, 0.2) is 42.3 Å². The molecule has 1 aromatic carbocycles. The maximum atomic E-state index is 11.7. The van der Waals surface area contributed by atoms with E-state index in [4.69, 9.17) is 9.15 Å². The number of rotatable bonds is 7. The van der Waals surface area contributed by atoms with Gasteiger partial charge in [-0.2, -0.15) is 0 Å². The lowest BCUT2D eigenvalue weighted by molar-refractivity contribution is 0.211. The van der Waals surface area contributed by atoms with Gasteiger partial charge in [0.1, 0.15) is 5.58 Å². The normalized spacial score (nSPS) is 11.1. The summed E-state index contributed by atoms with van der Waals surface area (Å²) in [6.45, 7) is 1.30. The number of halogens is 1. The smallest absolute Gasteiger partial charge is 0.336 e. The van der Waals surface area contributed by atoms with Gasteiger partial charge >= 0.3 is 5.63 Å². The molecule has 0 amide bonds. The quantitative estimate of drug-likeness (QED) is 0.349. The Labute approximate surface area is 154 Å². The first kappa shape index (κ1) is 17.4. The number of anilines is 1. The summed E-state index contributed by atoms with van der Waals surface area (Å²) >= 11 is 6.41. The van der Waals surface area contributed by atoms with Gasteiger partial charge in [-0.15, -0.1) is 10.2 Å². The van der Waals surface area contributed by atoms with Crippen LogP contribution < -0.4 is 10.9 Å². The Kier molecular flexibility index (Phi) is 5.88. The molecule has 0 atom stereocenters. The fraction of sp³-hybridized carbons (Fsp3) is 0.267. The number of fused-ring (bicyclic) bond motifs is 1. The molecule has 0 saturated heterocycles. The molecule has 0 saturated carbocycles. The number of hydrogen-bond donors (Lipinski definition) is 1. The van der Waals surface area contributed by atoms with E-state index in [0.29, 0.717) is 24.5 Å². The molecule has 24 heavy (non-hydrogen) atoms. The van der Waals surface area contributed by atoms with Crippen LogP contribution in [0.1, 0.15) is 5.56 Å². The summed E-state index contributed by atoms with van der Waals surface area (Å²) in [6.07, 6.45) is 0. The average Bonchev–Trinajstić information content (AvgIpc) is 3.00. The second-order valence-electron chi connectivity index (χ2n) is 4.81. The maximum Gasteiger partial charge on any atom is 0.336 e. The zero-order valence-electron chi connectivity index (χ0n) is 12.7. The van der Waals surface area contributed by atoms with Crippen molar-refractivity contribution in [3.05, 3.63) is 44.7 Å². The molecule has 0 aliphatic rings. The van der Waals surface area contributed by atoms with E-state index in [1.807, 2.05) is 12.1 Å². The summed E-state index contributed by atoms with van der Waals surface area (Å²) in [5.41, 5.74) is 1.14. The highest BCUT2D eigenvalue weighted by Crippen LogP contribution is 2.30. The van der Waals surface area contributed by atoms with Gasteiger partial charge in [0.05, 0.1) is 6.61 Å². The highest BCUT2D eigenvalue weighted by atomic mass is 79.9. The first-order valence-electron chi connectivity index (χ1n) is 7.07. The molecule has 0 aliphatic carbocycles. The minimum atomic E-state index is -0.351. The van der Waals surface area contributed by atoms with Crippen molar-refractivity contribution < 1.29 is 9.15 Å². The van der Waals surface area contributed by atoms with Crippen molar-refractivity contribution >= 4 is 55.1 Å².